The first-order valence-corrected chi connectivity index (χ1v) is 5.28. The van der Waals surface area contributed by atoms with Crippen molar-refractivity contribution in [3.63, 3.8) is 0 Å². The zero-order valence-corrected chi connectivity index (χ0v) is 10.2. The van der Waals surface area contributed by atoms with E-state index in [9.17, 15) is 9.59 Å². The summed E-state index contributed by atoms with van der Waals surface area (Å²) in [6.45, 7) is 7.76. The lowest BCUT2D eigenvalue weighted by atomic mass is 10.2. The highest BCUT2D eigenvalue weighted by molar-refractivity contribution is 5.92. The number of nitrogens with one attached hydrogen (secondary N) is 1. The van der Waals surface area contributed by atoms with Crippen molar-refractivity contribution in [1.82, 2.24) is 5.32 Å². The molecular weight excluding hydrogens is 210 g/mol. The quantitative estimate of drug-likeness (QED) is 0.577. The molecule has 0 aliphatic heterocycles. The standard InChI is InChI=1S/C11H19NO4/c1-5-9(12-11(14)15-6-2)10(13)16-7-8(3)4/h5,8H,6-7H2,1-4H3,(H,12,14)/b9-5-. The van der Waals surface area contributed by atoms with E-state index in [0.29, 0.717) is 6.61 Å². The molecule has 16 heavy (non-hydrogen) atoms. The van der Waals surface area contributed by atoms with Crippen molar-refractivity contribution in [2.45, 2.75) is 27.7 Å². The molecule has 0 aliphatic carbocycles. The van der Waals surface area contributed by atoms with E-state index in [0.717, 1.165) is 0 Å². The van der Waals surface area contributed by atoms with Gasteiger partial charge < -0.3 is 9.47 Å². The third-order valence-corrected chi connectivity index (χ3v) is 1.57. The lowest BCUT2D eigenvalue weighted by molar-refractivity contribution is -0.140. The Morgan fingerprint density at radius 1 is 1.31 bits per heavy atom. The van der Waals surface area contributed by atoms with Gasteiger partial charge in [0.25, 0.3) is 0 Å². The van der Waals surface area contributed by atoms with Crippen LogP contribution in [0, 0.1) is 5.92 Å². The second-order valence-corrected chi connectivity index (χ2v) is 3.54. The van der Waals surface area contributed by atoms with Gasteiger partial charge in [-0.2, -0.15) is 0 Å². The van der Waals surface area contributed by atoms with Gasteiger partial charge >= 0.3 is 12.1 Å². The smallest absolute Gasteiger partial charge is 0.411 e. The summed E-state index contributed by atoms with van der Waals surface area (Å²) in [7, 11) is 0. The largest absolute Gasteiger partial charge is 0.461 e. The summed E-state index contributed by atoms with van der Waals surface area (Å²) in [4.78, 5) is 22.5. The van der Waals surface area contributed by atoms with E-state index in [1.807, 2.05) is 13.8 Å². The highest BCUT2D eigenvalue weighted by Gasteiger charge is 2.14. The maximum Gasteiger partial charge on any atom is 0.411 e. The summed E-state index contributed by atoms with van der Waals surface area (Å²) >= 11 is 0. The van der Waals surface area contributed by atoms with E-state index < -0.39 is 12.1 Å². The third kappa shape index (κ3) is 6.06. The molecule has 1 amide bonds. The van der Waals surface area contributed by atoms with Gasteiger partial charge in [-0.3, -0.25) is 5.32 Å². The Morgan fingerprint density at radius 3 is 2.38 bits per heavy atom. The van der Waals surface area contributed by atoms with Crippen LogP contribution in [0.25, 0.3) is 0 Å². The third-order valence-electron chi connectivity index (χ3n) is 1.57. The molecule has 0 fully saturated rings. The molecule has 0 aromatic rings. The van der Waals surface area contributed by atoms with Gasteiger partial charge in [-0.1, -0.05) is 19.9 Å². The van der Waals surface area contributed by atoms with Crippen LogP contribution < -0.4 is 5.32 Å². The van der Waals surface area contributed by atoms with E-state index in [1.165, 1.54) is 6.08 Å². The van der Waals surface area contributed by atoms with Gasteiger partial charge in [-0.15, -0.1) is 0 Å². The maximum absolute atomic E-state index is 11.5. The normalized spacial score (nSPS) is 11.2. The number of amides is 1. The highest BCUT2D eigenvalue weighted by atomic mass is 16.6. The van der Waals surface area contributed by atoms with Crippen LogP contribution in [0.5, 0.6) is 0 Å². The number of hydrogen-bond acceptors (Lipinski definition) is 4. The van der Waals surface area contributed by atoms with Crippen molar-refractivity contribution in [3.05, 3.63) is 11.8 Å². The molecule has 0 aliphatic rings. The van der Waals surface area contributed by atoms with Crippen molar-refractivity contribution in [1.29, 1.82) is 0 Å². The molecule has 0 saturated heterocycles. The fourth-order valence-corrected chi connectivity index (χ4v) is 0.838. The van der Waals surface area contributed by atoms with Crippen molar-refractivity contribution in [3.8, 4) is 0 Å². The van der Waals surface area contributed by atoms with Gasteiger partial charge in [0.05, 0.1) is 13.2 Å². The molecule has 0 saturated carbocycles. The lowest BCUT2D eigenvalue weighted by Gasteiger charge is -2.10. The predicted octanol–water partition coefficient (Wildman–Crippen LogP) is 1.84. The number of ether oxygens (including phenoxy) is 2. The Kier molecular flexibility index (Phi) is 7.00. The van der Waals surface area contributed by atoms with Crippen LogP contribution in [0.2, 0.25) is 0 Å². The van der Waals surface area contributed by atoms with Crippen molar-refractivity contribution < 1.29 is 19.1 Å². The zero-order chi connectivity index (χ0) is 12.6. The molecule has 5 heteroatoms. The predicted molar refractivity (Wildman–Crippen MR) is 59.7 cm³/mol. The van der Waals surface area contributed by atoms with Crippen LogP contribution in [0.4, 0.5) is 4.79 Å². The van der Waals surface area contributed by atoms with Gasteiger partial charge in [0.1, 0.15) is 5.70 Å². The summed E-state index contributed by atoms with van der Waals surface area (Å²) < 4.78 is 9.61. The molecular formula is C11H19NO4. The molecule has 0 radical (unpaired) electrons. The number of allylic oxidation sites excluding steroid dienone is 1. The van der Waals surface area contributed by atoms with Crippen LogP contribution in [-0.2, 0) is 14.3 Å². The minimum Gasteiger partial charge on any atom is -0.461 e. The van der Waals surface area contributed by atoms with E-state index >= 15 is 0 Å². The average Bonchev–Trinajstić information content (AvgIpc) is 2.22. The van der Waals surface area contributed by atoms with Crippen LogP contribution in [0.1, 0.15) is 27.7 Å². The van der Waals surface area contributed by atoms with Crippen molar-refractivity contribution in [2.75, 3.05) is 13.2 Å². The van der Waals surface area contributed by atoms with Gasteiger partial charge in [0, 0.05) is 0 Å². The Balaban J connectivity index is 4.18. The SMILES string of the molecule is C/C=C(\NC(=O)OCC)C(=O)OCC(C)C. The van der Waals surface area contributed by atoms with E-state index in [-0.39, 0.29) is 18.2 Å². The second kappa shape index (κ2) is 7.73. The summed E-state index contributed by atoms with van der Waals surface area (Å²) in [5.41, 5.74) is 0.0964. The van der Waals surface area contributed by atoms with E-state index in [2.05, 4.69) is 10.1 Å². The van der Waals surface area contributed by atoms with Crippen LogP contribution in [0.3, 0.4) is 0 Å². The number of hydrogen-bond donors (Lipinski definition) is 1. The number of alkyl carbamates (subject to hydrolysis) is 1. The molecule has 92 valence electrons. The van der Waals surface area contributed by atoms with Crippen LogP contribution in [-0.4, -0.2) is 25.3 Å². The molecule has 0 heterocycles. The zero-order valence-electron chi connectivity index (χ0n) is 10.2. The minimum absolute atomic E-state index is 0.0964. The first kappa shape index (κ1) is 14.5. The Morgan fingerprint density at radius 2 is 1.94 bits per heavy atom. The molecule has 0 bridgehead atoms. The summed E-state index contributed by atoms with van der Waals surface area (Å²) in [5, 5.41) is 2.32. The van der Waals surface area contributed by atoms with Gasteiger partial charge in [-0.25, -0.2) is 9.59 Å². The summed E-state index contributed by atoms with van der Waals surface area (Å²) in [6.07, 6.45) is 0.816. The fourth-order valence-electron chi connectivity index (χ4n) is 0.838. The number of rotatable bonds is 5. The minimum atomic E-state index is -0.655. The topological polar surface area (TPSA) is 64.6 Å². The van der Waals surface area contributed by atoms with E-state index in [1.54, 1.807) is 13.8 Å². The molecule has 0 aromatic heterocycles. The van der Waals surface area contributed by atoms with Crippen molar-refractivity contribution >= 4 is 12.1 Å². The molecule has 0 atom stereocenters. The van der Waals surface area contributed by atoms with Gasteiger partial charge in [0.2, 0.25) is 0 Å². The number of carbonyl (C=O) groups is 2. The maximum atomic E-state index is 11.5. The molecule has 0 rings (SSSR count). The van der Waals surface area contributed by atoms with E-state index in [4.69, 9.17) is 4.74 Å². The molecule has 5 nitrogen and oxygen atoms in total. The Labute approximate surface area is 95.8 Å². The summed E-state index contributed by atoms with van der Waals surface area (Å²) in [5.74, 6) is -0.297. The Hall–Kier alpha value is -1.52. The average molecular weight is 229 g/mol. The monoisotopic (exact) mass is 229 g/mol. The molecule has 0 spiro atoms. The van der Waals surface area contributed by atoms with Gasteiger partial charge in [0.15, 0.2) is 0 Å². The highest BCUT2D eigenvalue weighted by Crippen LogP contribution is 1.99. The number of esters is 1. The number of carbonyl (C=O) groups excluding carboxylic acids is 2. The van der Waals surface area contributed by atoms with Gasteiger partial charge in [-0.05, 0) is 19.8 Å². The molecule has 1 N–H and O–H groups in total. The fraction of sp³-hybridized carbons (Fsp3) is 0.636. The Bertz CT molecular complexity index is 271. The molecule has 0 unspecified atom stereocenters. The molecule has 0 aromatic carbocycles. The second-order valence-electron chi connectivity index (χ2n) is 3.54. The first-order chi connectivity index (χ1) is 7.51. The lowest BCUT2D eigenvalue weighted by Crippen LogP contribution is -2.29. The summed E-state index contributed by atoms with van der Waals surface area (Å²) in [6, 6.07) is 0. The van der Waals surface area contributed by atoms with Crippen LogP contribution >= 0.6 is 0 Å². The van der Waals surface area contributed by atoms with Crippen molar-refractivity contribution in [2.24, 2.45) is 5.92 Å². The van der Waals surface area contributed by atoms with Crippen LogP contribution in [0.15, 0.2) is 11.8 Å². The first-order valence-electron chi connectivity index (χ1n) is 5.28.